The first kappa shape index (κ1) is 27.0. The van der Waals surface area contributed by atoms with Crippen LogP contribution in [0.1, 0.15) is 6.42 Å². The predicted molar refractivity (Wildman–Crippen MR) is 110 cm³/mol. The molecule has 2 aliphatic heterocycles. The molecule has 3 rings (SSSR count). The van der Waals surface area contributed by atoms with Crippen LogP contribution < -0.4 is 28.7 Å². The zero-order valence-corrected chi connectivity index (χ0v) is 18.0. The van der Waals surface area contributed by atoms with E-state index in [1.807, 2.05) is 0 Å². The van der Waals surface area contributed by atoms with Gasteiger partial charge in [0.1, 0.15) is 54.9 Å². The lowest BCUT2D eigenvalue weighted by Crippen LogP contribution is -2.69. The average Bonchev–Trinajstić information content (AvgIpc) is 2.79. The molecule has 2 heterocycles. The highest BCUT2D eigenvalue weighted by Crippen LogP contribution is 2.31. The maximum absolute atomic E-state index is 10.7. The zero-order valence-electron chi connectivity index (χ0n) is 18.0. The maximum Gasteiger partial charge on any atom is 0.187 e. The summed E-state index contributed by atoms with van der Waals surface area (Å²) in [6, 6.07) is -2.80. The van der Waals surface area contributed by atoms with Gasteiger partial charge in [-0.3, -0.25) is 0 Å². The summed E-state index contributed by atoms with van der Waals surface area (Å²) in [4.78, 5) is 0. The minimum atomic E-state index is -1.68. The van der Waals surface area contributed by atoms with Crippen molar-refractivity contribution in [1.29, 1.82) is 0 Å². The van der Waals surface area contributed by atoms with Gasteiger partial charge < -0.3 is 78.3 Å². The fourth-order valence-electron chi connectivity index (χ4n) is 4.41. The molecule has 2 saturated heterocycles. The standard InChI is InChI=1S/C18H37N5O10/c19-2-6-10(25)12(27)8(23)17(30-6)32-15-5(22)1-4(21)9(24)16(15)33-18-14(29)13(28)11(26)7(3-20)31-18/h4-18,24-29H,1-3,19-23H2/t4-,5-,6+,7-,8+,9-,10-,11-,12-,13+,14+,15-,16-,17-,18+/m1/s1. The summed E-state index contributed by atoms with van der Waals surface area (Å²) >= 11 is 0. The van der Waals surface area contributed by atoms with E-state index >= 15 is 0 Å². The van der Waals surface area contributed by atoms with E-state index in [4.69, 9.17) is 47.6 Å². The fraction of sp³-hybridized carbons (Fsp3) is 1.00. The zero-order chi connectivity index (χ0) is 24.6. The fourth-order valence-corrected chi connectivity index (χ4v) is 4.41. The number of rotatable bonds is 6. The second-order valence-corrected chi connectivity index (χ2v) is 8.84. The van der Waals surface area contributed by atoms with Crippen molar-refractivity contribution in [3.8, 4) is 0 Å². The molecule has 33 heavy (non-hydrogen) atoms. The van der Waals surface area contributed by atoms with Crippen LogP contribution in [-0.2, 0) is 18.9 Å². The number of aliphatic hydroxyl groups is 6. The van der Waals surface area contributed by atoms with Crippen LogP contribution in [0.25, 0.3) is 0 Å². The van der Waals surface area contributed by atoms with Crippen LogP contribution in [0.3, 0.4) is 0 Å². The number of hydrogen-bond donors (Lipinski definition) is 11. The van der Waals surface area contributed by atoms with Crippen molar-refractivity contribution in [2.45, 2.75) is 98.2 Å². The number of hydrogen-bond acceptors (Lipinski definition) is 15. The summed E-state index contributed by atoms with van der Waals surface area (Å²) in [6.07, 6.45) is -15.9. The molecule has 0 amide bonds. The van der Waals surface area contributed by atoms with Gasteiger partial charge >= 0.3 is 0 Å². The molecular weight excluding hydrogens is 446 g/mol. The molecule has 16 N–H and O–H groups in total. The van der Waals surface area contributed by atoms with Gasteiger partial charge in [0.2, 0.25) is 0 Å². The van der Waals surface area contributed by atoms with Crippen LogP contribution in [0.15, 0.2) is 0 Å². The monoisotopic (exact) mass is 483 g/mol. The van der Waals surface area contributed by atoms with E-state index in [1.165, 1.54) is 0 Å². The van der Waals surface area contributed by atoms with E-state index < -0.39 is 91.7 Å². The van der Waals surface area contributed by atoms with Gasteiger partial charge in [-0.05, 0) is 6.42 Å². The Hall–Kier alpha value is -0.600. The minimum Gasteiger partial charge on any atom is -0.389 e. The SMILES string of the molecule is NC[C@@H]1O[C@H](O[C@H]2[C@H](O[C@@H]3O[C@H](CN)[C@@H](O)[C@H](O)[C@@H]3O)[C@H](O)[C@H](N)C[C@H]2N)[C@@H](N)[C@@H](O)[C@@H]1O. The quantitative estimate of drug-likeness (QED) is 0.167. The van der Waals surface area contributed by atoms with Crippen LogP contribution in [0.2, 0.25) is 0 Å². The summed E-state index contributed by atoms with van der Waals surface area (Å²) in [6.45, 7) is -0.305. The third-order valence-corrected chi connectivity index (χ3v) is 6.53. The summed E-state index contributed by atoms with van der Waals surface area (Å²) in [5.41, 5.74) is 29.3. The summed E-state index contributed by atoms with van der Waals surface area (Å²) < 4.78 is 22.7. The van der Waals surface area contributed by atoms with Crippen molar-refractivity contribution >= 4 is 0 Å². The van der Waals surface area contributed by atoms with Crippen LogP contribution in [-0.4, -0.2) is 135 Å². The summed E-state index contributed by atoms with van der Waals surface area (Å²) in [5, 5.41) is 61.5. The first-order valence-electron chi connectivity index (χ1n) is 10.9. The lowest BCUT2D eigenvalue weighted by molar-refractivity contribution is -0.338. The molecule has 1 saturated carbocycles. The van der Waals surface area contributed by atoms with Gasteiger partial charge in [0.25, 0.3) is 0 Å². The van der Waals surface area contributed by atoms with Gasteiger partial charge in [0.05, 0.1) is 12.1 Å². The molecule has 0 aromatic rings. The van der Waals surface area contributed by atoms with Gasteiger partial charge in [-0.2, -0.15) is 0 Å². The molecule has 1 aliphatic carbocycles. The molecular formula is C18H37N5O10. The van der Waals surface area contributed by atoms with E-state index in [2.05, 4.69) is 0 Å². The smallest absolute Gasteiger partial charge is 0.187 e. The molecule has 0 aromatic carbocycles. The number of aliphatic hydroxyl groups excluding tert-OH is 6. The molecule has 0 bridgehead atoms. The topological polar surface area (TPSA) is 288 Å². The Morgan fingerprint density at radius 3 is 1.70 bits per heavy atom. The highest BCUT2D eigenvalue weighted by molar-refractivity contribution is 5.01. The Kier molecular flexibility index (Phi) is 8.99. The number of nitrogens with two attached hydrogens (primary N) is 5. The van der Waals surface area contributed by atoms with Crippen molar-refractivity contribution in [3.05, 3.63) is 0 Å². The number of ether oxygens (including phenoxy) is 4. The highest BCUT2D eigenvalue weighted by atomic mass is 16.7. The van der Waals surface area contributed by atoms with Gasteiger partial charge in [0, 0.05) is 25.2 Å². The van der Waals surface area contributed by atoms with Crippen LogP contribution in [0.5, 0.6) is 0 Å². The molecule has 3 fully saturated rings. The third-order valence-electron chi connectivity index (χ3n) is 6.53. The van der Waals surface area contributed by atoms with E-state index in [0.717, 1.165) is 0 Å². The highest BCUT2D eigenvalue weighted by Gasteiger charge is 2.51. The lowest BCUT2D eigenvalue weighted by atomic mass is 9.84. The molecule has 0 aromatic heterocycles. The maximum atomic E-state index is 10.7. The average molecular weight is 484 g/mol. The van der Waals surface area contributed by atoms with Gasteiger partial charge in [-0.15, -0.1) is 0 Å². The second kappa shape index (κ2) is 11.0. The van der Waals surface area contributed by atoms with Crippen LogP contribution in [0.4, 0.5) is 0 Å². The van der Waals surface area contributed by atoms with Gasteiger partial charge in [0.15, 0.2) is 12.6 Å². The van der Waals surface area contributed by atoms with Crippen molar-refractivity contribution in [2.24, 2.45) is 28.7 Å². The first-order chi connectivity index (χ1) is 15.5. The van der Waals surface area contributed by atoms with Crippen LogP contribution >= 0.6 is 0 Å². The Morgan fingerprint density at radius 2 is 1.12 bits per heavy atom. The molecule has 194 valence electrons. The molecule has 0 radical (unpaired) electrons. The van der Waals surface area contributed by atoms with Crippen LogP contribution in [0, 0.1) is 0 Å². The van der Waals surface area contributed by atoms with Crippen molar-refractivity contribution in [3.63, 3.8) is 0 Å². The van der Waals surface area contributed by atoms with Gasteiger partial charge in [-0.1, -0.05) is 0 Å². The first-order valence-corrected chi connectivity index (χ1v) is 10.9. The molecule has 0 unspecified atom stereocenters. The Balaban J connectivity index is 1.80. The Bertz CT molecular complexity index is 635. The van der Waals surface area contributed by atoms with Gasteiger partial charge in [-0.25, -0.2) is 0 Å². The molecule has 3 aliphatic rings. The van der Waals surface area contributed by atoms with Crippen molar-refractivity contribution in [2.75, 3.05) is 13.1 Å². The van der Waals surface area contributed by atoms with Crippen molar-refractivity contribution < 1.29 is 49.6 Å². The van der Waals surface area contributed by atoms with Crippen molar-refractivity contribution in [1.82, 2.24) is 0 Å². The summed E-state index contributed by atoms with van der Waals surface area (Å²) in [5.74, 6) is 0. The minimum absolute atomic E-state index is 0.125. The largest absolute Gasteiger partial charge is 0.389 e. The lowest BCUT2D eigenvalue weighted by Gasteiger charge is -2.48. The molecule has 0 spiro atoms. The van der Waals surface area contributed by atoms with E-state index in [-0.39, 0.29) is 19.5 Å². The molecule has 15 heteroatoms. The Labute approximate surface area is 190 Å². The van der Waals surface area contributed by atoms with E-state index in [9.17, 15) is 30.6 Å². The normalized spacial score (nSPS) is 53.7. The van der Waals surface area contributed by atoms with E-state index in [0.29, 0.717) is 0 Å². The predicted octanol–water partition coefficient (Wildman–Crippen LogP) is -7.33. The molecule has 15 nitrogen and oxygen atoms in total. The Morgan fingerprint density at radius 1 is 0.606 bits per heavy atom. The second-order valence-electron chi connectivity index (χ2n) is 8.84. The molecule has 15 atom stereocenters. The van der Waals surface area contributed by atoms with E-state index in [1.54, 1.807) is 0 Å². The third kappa shape index (κ3) is 5.32. The summed E-state index contributed by atoms with van der Waals surface area (Å²) in [7, 11) is 0.